The van der Waals surface area contributed by atoms with Crippen LogP contribution in [0.15, 0.2) is 18.2 Å². The number of methoxy groups -OCH3 is 1. The van der Waals surface area contributed by atoms with Gasteiger partial charge in [0.1, 0.15) is 11.5 Å². The molecule has 3 nitrogen and oxygen atoms in total. The van der Waals surface area contributed by atoms with E-state index >= 15 is 0 Å². The zero-order valence-corrected chi connectivity index (χ0v) is 9.95. The molecule has 1 aromatic carbocycles. The van der Waals surface area contributed by atoms with E-state index in [9.17, 15) is 8.78 Å². The predicted octanol–water partition coefficient (Wildman–Crippen LogP) is 2.58. The Bertz CT molecular complexity index is 358. The molecule has 0 aromatic heterocycles. The first kappa shape index (κ1) is 13.7. The van der Waals surface area contributed by atoms with Crippen LogP contribution in [0.3, 0.4) is 0 Å². The standard InChI is InChI=1S/C12H17F2NO2/c1-3-9(15)6-8-7-10(16-2)4-5-11(8)17-12(13)14/h4-5,7,9,12H,3,6,15H2,1-2H3. The average molecular weight is 245 g/mol. The maximum absolute atomic E-state index is 12.2. The summed E-state index contributed by atoms with van der Waals surface area (Å²) in [7, 11) is 1.52. The summed E-state index contributed by atoms with van der Waals surface area (Å²) < 4.78 is 33.9. The van der Waals surface area contributed by atoms with Gasteiger partial charge in [-0.15, -0.1) is 0 Å². The smallest absolute Gasteiger partial charge is 0.387 e. The summed E-state index contributed by atoms with van der Waals surface area (Å²) in [5.74, 6) is 0.759. The van der Waals surface area contributed by atoms with Gasteiger partial charge in [-0.2, -0.15) is 8.78 Å². The van der Waals surface area contributed by atoms with Gasteiger partial charge < -0.3 is 15.2 Å². The van der Waals surface area contributed by atoms with Crippen LogP contribution in [-0.4, -0.2) is 19.8 Å². The van der Waals surface area contributed by atoms with E-state index in [4.69, 9.17) is 10.5 Å². The van der Waals surface area contributed by atoms with Crippen LogP contribution in [0.25, 0.3) is 0 Å². The van der Waals surface area contributed by atoms with Crippen LogP contribution in [-0.2, 0) is 6.42 Å². The number of alkyl halides is 2. The zero-order valence-electron chi connectivity index (χ0n) is 9.95. The van der Waals surface area contributed by atoms with Gasteiger partial charge in [0.15, 0.2) is 0 Å². The number of hydrogen-bond acceptors (Lipinski definition) is 3. The molecule has 1 unspecified atom stereocenters. The molecular weight excluding hydrogens is 228 g/mol. The van der Waals surface area contributed by atoms with Crippen molar-refractivity contribution in [2.75, 3.05) is 7.11 Å². The van der Waals surface area contributed by atoms with E-state index in [2.05, 4.69) is 4.74 Å². The molecule has 0 aliphatic heterocycles. The topological polar surface area (TPSA) is 44.5 Å². The maximum Gasteiger partial charge on any atom is 0.387 e. The van der Waals surface area contributed by atoms with Crippen LogP contribution >= 0.6 is 0 Å². The van der Waals surface area contributed by atoms with Crippen LogP contribution in [0.5, 0.6) is 11.5 Å². The maximum atomic E-state index is 12.2. The summed E-state index contributed by atoms with van der Waals surface area (Å²) in [6, 6.07) is 4.65. The molecule has 0 saturated heterocycles. The lowest BCUT2D eigenvalue weighted by Crippen LogP contribution is -2.22. The first-order chi connectivity index (χ1) is 8.06. The van der Waals surface area contributed by atoms with E-state index in [0.717, 1.165) is 6.42 Å². The summed E-state index contributed by atoms with van der Waals surface area (Å²) in [6.45, 7) is -0.890. The minimum Gasteiger partial charge on any atom is -0.497 e. The Morgan fingerprint density at radius 2 is 2.06 bits per heavy atom. The van der Waals surface area contributed by atoms with Crippen LogP contribution in [0.1, 0.15) is 18.9 Å². The highest BCUT2D eigenvalue weighted by molar-refractivity contribution is 5.40. The summed E-state index contributed by atoms with van der Waals surface area (Å²) >= 11 is 0. The highest BCUT2D eigenvalue weighted by Gasteiger charge is 2.13. The van der Waals surface area contributed by atoms with E-state index < -0.39 is 6.61 Å². The lowest BCUT2D eigenvalue weighted by Gasteiger charge is -2.15. The molecule has 1 rings (SSSR count). The molecule has 0 amide bonds. The van der Waals surface area contributed by atoms with Gasteiger partial charge in [0.2, 0.25) is 0 Å². The molecule has 96 valence electrons. The molecule has 17 heavy (non-hydrogen) atoms. The van der Waals surface area contributed by atoms with Crippen LogP contribution in [0.4, 0.5) is 8.78 Å². The molecule has 0 radical (unpaired) electrons. The Hall–Kier alpha value is -1.36. The van der Waals surface area contributed by atoms with Crippen molar-refractivity contribution in [1.82, 2.24) is 0 Å². The normalized spacial score (nSPS) is 12.6. The van der Waals surface area contributed by atoms with Crippen molar-refractivity contribution in [2.24, 2.45) is 5.73 Å². The SMILES string of the molecule is CCC(N)Cc1cc(OC)ccc1OC(F)F. The summed E-state index contributed by atoms with van der Waals surface area (Å²) in [4.78, 5) is 0. The largest absolute Gasteiger partial charge is 0.497 e. The fraction of sp³-hybridized carbons (Fsp3) is 0.500. The Balaban J connectivity index is 2.94. The van der Waals surface area contributed by atoms with Gasteiger partial charge in [-0.25, -0.2) is 0 Å². The quantitative estimate of drug-likeness (QED) is 0.837. The van der Waals surface area contributed by atoms with Crippen molar-refractivity contribution in [1.29, 1.82) is 0 Å². The average Bonchev–Trinajstić information content (AvgIpc) is 2.30. The molecule has 0 aliphatic rings. The van der Waals surface area contributed by atoms with Crippen molar-refractivity contribution in [3.05, 3.63) is 23.8 Å². The molecular formula is C12H17F2NO2. The minimum atomic E-state index is -2.83. The van der Waals surface area contributed by atoms with Crippen LogP contribution in [0, 0.1) is 0 Å². The van der Waals surface area contributed by atoms with Crippen molar-refractivity contribution in [2.45, 2.75) is 32.4 Å². The highest BCUT2D eigenvalue weighted by Crippen LogP contribution is 2.26. The predicted molar refractivity (Wildman–Crippen MR) is 61.6 cm³/mol. The van der Waals surface area contributed by atoms with Crippen LogP contribution < -0.4 is 15.2 Å². The molecule has 0 spiro atoms. The van der Waals surface area contributed by atoms with Gasteiger partial charge in [-0.05, 0) is 36.6 Å². The number of hydrogen-bond donors (Lipinski definition) is 1. The third-order valence-electron chi connectivity index (χ3n) is 2.49. The molecule has 0 heterocycles. The van der Waals surface area contributed by atoms with Crippen molar-refractivity contribution in [3.8, 4) is 11.5 Å². The van der Waals surface area contributed by atoms with E-state index in [-0.39, 0.29) is 11.8 Å². The van der Waals surface area contributed by atoms with E-state index in [0.29, 0.717) is 17.7 Å². The van der Waals surface area contributed by atoms with Gasteiger partial charge in [0, 0.05) is 6.04 Å². The number of ether oxygens (including phenoxy) is 2. The Labute approximate surface area is 99.5 Å². The van der Waals surface area contributed by atoms with Gasteiger partial charge in [-0.3, -0.25) is 0 Å². The molecule has 0 aliphatic carbocycles. The van der Waals surface area contributed by atoms with Gasteiger partial charge in [-0.1, -0.05) is 6.92 Å². The minimum absolute atomic E-state index is 0.0814. The lowest BCUT2D eigenvalue weighted by atomic mass is 10.0. The summed E-state index contributed by atoms with van der Waals surface area (Å²) in [5, 5.41) is 0. The second-order valence-electron chi connectivity index (χ2n) is 3.72. The van der Waals surface area contributed by atoms with E-state index in [1.54, 1.807) is 12.1 Å². The second-order valence-corrected chi connectivity index (χ2v) is 3.72. The van der Waals surface area contributed by atoms with Crippen molar-refractivity contribution >= 4 is 0 Å². The Morgan fingerprint density at radius 1 is 1.35 bits per heavy atom. The van der Waals surface area contributed by atoms with Crippen LogP contribution in [0.2, 0.25) is 0 Å². The van der Waals surface area contributed by atoms with Crippen molar-refractivity contribution in [3.63, 3.8) is 0 Å². The number of rotatable bonds is 6. The summed E-state index contributed by atoms with van der Waals surface area (Å²) in [5.41, 5.74) is 6.45. The highest BCUT2D eigenvalue weighted by atomic mass is 19.3. The molecule has 1 aromatic rings. The molecule has 0 saturated carbocycles. The number of benzene rings is 1. The van der Waals surface area contributed by atoms with Gasteiger partial charge in [0.25, 0.3) is 0 Å². The van der Waals surface area contributed by atoms with Crippen molar-refractivity contribution < 1.29 is 18.3 Å². The van der Waals surface area contributed by atoms with E-state index in [1.165, 1.54) is 13.2 Å². The monoisotopic (exact) mass is 245 g/mol. The zero-order chi connectivity index (χ0) is 12.8. The lowest BCUT2D eigenvalue weighted by molar-refractivity contribution is -0.0505. The second kappa shape index (κ2) is 6.39. The fourth-order valence-corrected chi connectivity index (χ4v) is 1.48. The summed E-state index contributed by atoms with van der Waals surface area (Å²) in [6.07, 6.45) is 1.25. The first-order valence-electron chi connectivity index (χ1n) is 5.44. The third kappa shape index (κ3) is 4.19. The molecule has 1 atom stereocenters. The third-order valence-corrected chi connectivity index (χ3v) is 2.49. The Kier molecular flexibility index (Phi) is 5.15. The van der Waals surface area contributed by atoms with E-state index in [1.807, 2.05) is 6.92 Å². The molecule has 0 bridgehead atoms. The molecule has 0 fully saturated rings. The fourth-order valence-electron chi connectivity index (χ4n) is 1.48. The molecule has 5 heteroatoms. The van der Waals surface area contributed by atoms with Gasteiger partial charge in [0.05, 0.1) is 7.11 Å². The Morgan fingerprint density at radius 3 is 2.59 bits per heavy atom. The molecule has 2 N–H and O–H groups in total. The first-order valence-corrected chi connectivity index (χ1v) is 5.44. The number of nitrogens with two attached hydrogens (primary N) is 1. The number of halogens is 2. The van der Waals surface area contributed by atoms with Gasteiger partial charge >= 0.3 is 6.61 Å².